The van der Waals surface area contributed by atoms with E-state index in [-0.39, 0.29) is 6.79 Å². The summed E-state index contributed by atoms with van der Waals surface area (Å²) in [7, 11) is 0. The van der Waals surface area contributed by atoms with Gasteiger partial charge < -0.3 is 19.0 Å². The molecule has 0 unspecified atom stereocenters. The predicted octanol–water partition coefficient (Wildman–Crippen LogP) is -0.134. The van der Waals surface area contributed by atoms with Gasteiger partial charge in [0.1, 0.15) is 0 Å². The number of nitrogens with zero attached hydrogens (tertiary/aromatic N) is 1. The van der Waals surface area contributed by atoms with Crippen LogP contribution in [0.4, 0.5) is 0 Å². The molecule has 1 aliphatic rings. The van der Waals surface area contributed by atoms with Crippen LogP contribution in [0.2, 0.25) is 0 Å². The molecule has 1 aromatic rings. The smallest absolute Gasteiger partial charge is 0.347 e. The Morgan fingerprint density at radius 1 is 1.12 bits per heavy atom. The fraction of sp³-hybridized carbons (Fsp3) is 0.333. The molecule has 0 saturated heterocycles. The van der Waals surface area contributed by atoms with Gasteiger partial charge in [-0.15, -0.1) is 0 Å². The number of oxime groups is 1. The summed E-state index contributed by atoms with van der Waals surface area (Å²) in [5.41, 5.74) is 5.37. The molecule has 2 rings (SSSR count). The van der Waals surface area contributed by atoms with Gasteiger partial charge in [-0.2, -0.15) is 0 Å². The summed E-state index contributed by atoms with van der Waals surface area (Å²) >= 11 is 0. The number of hydrogen-bond acceptors (Lipinski definition) is 8. The van der Waals surface area contributed by atoms with E-state index in [9.17, 15) is 14.4 Å². The zero-order chi connectivity index (χ0) is 18.2. The first-order valence-corrected chi connectivity index (χ1v) is 7.23. The van der Waals surface area contributed by atoms with Crippen molar-refractivity contribution >= 4 is 23.5 Å². The third-order valence-electron chi connectivity index (χ3n) is 2.92. The molecular formula is C15H17N3O7. The number of fused-ring (bicyclic) bond motifs is 1. The predicted molar refractivity (Wildman–Crippen MR) is 83.6 cm³/mol. The number of hydrazine groups is 1. The number of ether oxygens (including phenoxy) is 3. The summed E-state index contributed by atoms with van der Waals surface area (Å²) < 4.78 is 15.1. The minimum Gasteiger partial charge on any atom is -0.454 e. The largest absolute Gasteiger partial charge is 0.454 e. The summed E-state index contributed by atoms with van der Waals surface area (Å²) in [4.78, 5) is 38.1. The van der Waals surface area contributed by atoms with Crippen LogP contribution in [0.1, 0.15) is 19.4 Å². The minimum atomic E-state index is -0.778. The van der Waals surface area contributed by atoms with Gasteiger partial charge >= 0.3 is 5.97 Å². The molecule has 0 saturated carbocycles. The highest BCUT2D eigenvalue weighted by Crippen LogP contribution is 2.32. The average Bonchev–Trinajstić information content (AvgIpc) is 3.05. The molecule has 0 fully saturated rings. The molecule has 0 radical (unpaired) electrons. The van der Waals surface area contributed by atoms with Crippen LogP contribution in [0.25, 0.3) is 0 Å². The molecule has 1 aliphatic heterocycles. The van der Waals surface area contributed by atoms with Crippen LogP contribution in [-0.4, -0.2) is 43.5 Å². The molecule has 10 nitrogen and oxygen atoms in total. The Balaban J connectivity index is 1.73. The van der Waals surface area contributed by atoms with Crippen molar-refractivity contribution in [2.75, 3.05) is 20.0 Å². The second kappa shape index (κ2) is 8.52. The molecule has 25 heavy (non-hydrogen) atoms. The third-order valence-corrected chi connectivity index (χ3v) is 2.92. The van der Waals surface area contributed by atoms with Crippen LogP contribution in [0.5, 0.6) is 11.5 Å². The lowest BCUT2D eigenvalue weighted by atomic mass is 10.1. The summed E-state index contributed by atoms with van der Waals surface area (Å²) in [6.07, 6.45) is 0. The van der Waals surface area contributed by atoms with Crippen LogP contribution in [-0.2, 0) is 24.0 Å². The van der Waals surface area contributed by atoms with E-state index in [1.54, 1.807) is 25.1 Å². The zero-order valence-electron chi connectivity index (χ0n) is 13.7. The van der Waals surface area contributed by atoms with Crippen molar-refractivity contribution in [2.24, 2.45) is 5.16 Å². The number of benzene rings is 1. The monoisotopic (exact) mass is 351 g/mol. The summed E-state index contributed by atoms with van der Waals surface area (Å²) in [5.74, 6) is -0.643. The van der Waals surface area contributed by atoms with Gasteiger partial charge in [0.2, 0.25) is 19.3 Å². The summed E-state index contributed by atoms with van der Waals surface area (Å²) in [6.45, 7) is 2.08. The van der Waals surface area contributed by atoms with E-state index in [4.69, 9.17) is 14.3 Å². The number of nitrogens with one attached hydrogen (secondary N) is 2. The van der Waals surface area contributed by atoms with Gasteiger partial charge in [-0.25, -0.2) is 4.79 Å². The zero-order valence-corrected chi connectivity index (χ0v) is 13.7. The lowest BCUT2D eigenvalue weighted by molar-refractivity contribution is -0.153. The number of carbonyl (C=O) groups is 3. The van der Waals surface area contributed by atoms with E-state index in [2.05, 4.69) is 15.3 Å². The summed E-state index contributed by atoms with van der Waals surface area (Å²) in [6, 6.07) is 5.27. The van der Waals surface area contributed by atoms with Crippen molar-refractivity contribution in [2.45, 2.75) is 13.8 Å². The van der Waals surface area contributed by atoms with E-state index in [1.807, 2.05) is 5.43 Å². The third kappa shape index (κ3) is 5.68. The van der Waals surface area contributed by atoms with Crippen molar-refractivity contribution in [3.8, 4) is 11.5 Å². The molecule has 1 heterocycles. The highest BCUT2D eigenvalue weighted by Gasteiger charge is 2.14. The maximum Gasteiger partial charge on any atom is 0.347 e. The van der Waals surface area contributed by atoms with E-state index in [0.717, 1.165) is 5.56 Å². The van der Waals surface area contributed by atoms with E-state index in [0.29, 0.717) is 17.2 Å². The van der Waals surface area contributed by atoms with Crippen LogP contribution in [0, 0.1) is 0 Å². The Morgan fingerprint density at radius 3 is 2.64 bits per heavy atom. The SMILES string of the molecule is CC(=O)NNC(=O)COC(=O)CO/N=C(/C)c1ccc2c(c1)OCO2. The number of esters is 1. The average molecular weight is 351 g/mol. The molecule has 0 aromatic heterocycles. The van der Waals surface area contributed by atoms with Crippen molar-refractivity contribution in [1.29, 1.82) is 0 Å². The Morgan fingerprint density at radius 2 is 1.88 bits per heavy atom. The number of rotatable bonds is 6. The standard InChI is InChI=1S/C15H17N3O7/c1-9(11-3-4-12-13(5-11)24-8-23-12)18-25-7-15(21)22-6-14(20)17-16-10(2)19/h3-5H,6-8H2,1-2H3,(H,16,19)(H,17,20)/b18-9-. The van der Waals surface area contributed by atoms with Gasteiger partial charge in [-0.1, -0.05) is 5.16 Å². The van der Waals surface area contributed by atoms with E-state index >= 15 is 0 Å². The molecule has 134 valence electrons. The molecule has 2 amide bonds. The number of carbonyl (C=O) groups excluding carboxylic acids is 3. The molecule has 0 aliphatic carbocycles. The van der Waals surface area contributed by atoms with Crippen LogP contribution in [0.3, 0.4) is 0 Å². The first kappa shape index (κ1) is 18.0. The van der Waals surface area contributed by atoms with Gasteiger partial charge in [0, 0.05) is 12.5 Å². The van der Waals surface area contributed by atoms with Gasteiger partial charge in [-0.3, -0.25) is 20.4 Å². The molecule has 10 heteroatoms. The van der Waals surface area contributed by atoms with Crippen LogP contribution < -0.4 is 20.3 Å². The fourth-order valence-corrected chi connectivity index (χ4v) is 1.74. The maximum absolute atomic E-state index is 11.4. The maximum atomic E-state index is 11.4. The van der Waals surface area contributed by atoms with Crippen molar-refractivity contribution < 1.29 is 33.4 Å². The second-order valence-corrected chi connectivity index (χ2v) is 4.91. The summed E-state index contributed by atoms with van der Waals surface area (Å²) in [5, 5.41) is 3.81. The molecule has 0 atom stereocenters. The number of amides is 2. The first-order chi connectivity index (χ1) is 12.0. The van der Waals surface area contributed by atoms with Crippen molar-refractivity contribution in [3.63, 3.8) is 0 Å². The Hall–Kier alpha value is -3.30. The lowest BCUT2D eigenvalue weighted by Crippen LogP contribution is -2.42. The van der Waals surface area contributed by atoms with E-state index < -0.39 is 31.0 Å². The topological polar surface area (TPSA) is 125 Å². The lowest BCUT2D eigenvalue weighted by Gasteiger charge is -2.06. The highest BCUT2D eigenvalue weighted by molar-refractivity contribution is 5.99. The Labute approximate surface area is 143 Å². The molecule has 0 bridgehead atoms. The van der Waals surface area contributed by atoms with Gasteiger partial charge in [0.15, 0.2) is 18.1 Å². The van der Waals surface area contributed by atoms with E-state index in [1.165, 1.54) is 6.92 Å². The van der Waals surface area contributed by atoms with Crippen LogP contribution >= 0.6 is 0 Å². The first-order valence-electron chi connectivity index (χ1n) is 7.23. The van der Waals surface area contributed by atoms with Gasteiger partial charge in [0.25, 0.3) is 5.91 Å². The van der Waals surface area contributed by atoms with Crippen molar-refractivity contribution in [1.82, 2.24) is 10.9 Å². The Bertz CT molecular complexity index is 702. The molecular weight excluding hydrogens is 334 g/mol. The van der Waals surface area contributed by atoms with Gasteiger partial charge in [0.05, 0.1) is 5.71 Å². The molecule has 2 N–H and O–H groups in total. The highest BCUT2D eigenvalue weighted by atomic mass is 16.7. The number of hydrogen-bond donors (Lipinski definition) is 2. The Kier molecular flexibility index (Phi) is 6.15. The second-order valence-electron chi connectivity index (χ2n) is 4.91. The normalized spacial score (nSPS) is 12.3. The van der Waals surface area contributed by atoms with Crippen molar-refractivity contribution in [3.05, 3.63) is 23.8 Å². The quantitative estimate of drug-likeness (QED) is 0.415. The molecule has 1 aromatic carbocycles. The molecule has 0 spiro atoms. The van der Waals surface area contributed by atoms with Crippen LogP contribution in [0.15, 0.2) is 23.4 Å². The van der Waals surface area contributed by atoms with Gasteiger partial charge in [-0.05, 0) is 25.1 Å². The fourth-order valence-electron chi connectivity index (χ4n) is 1.74. The minimum absolute atomic E-state index is 0.173.